The van der Waals surface area contributed by atoms with E-state index in [2.05, 4.69) is 71.7 Å². The lowest BCUT2D eigenvalue weighted by atomic mass is 9.90. The molecule has 0 aliphatic carbocycles. The predicted molar refractivity (Wildman–Crippen MR) is 85.3 cm³/mol. The van der Waals surface area contributed by atoms with Crippen LogP contribution in [-0.2, 0) is 0 Å². The minimum atomic E-state index is 0.391. The topological polar surface area (TPSA) is 15.3 Å². The molecule has 2 heteroatoms. The first-order valence-electron chi connectivity index (χ1n) is 7.35. The second kappa shape index (κ2) is 5.68. The van der Waals surface area contributed by atoms with Gasteiger partial charge in [-0.3, -0.25) is 0 Å². The molecule has 0 amide bonds. The number of anilines is 1. The van der Waals surface area contributed by atoms with Crippen molar-refractivity contribution in [3.05, 3.63) is 65.7 Å². The zero-order valence-electron chi connectivity index (χ0n) is 12.2. The molecule has 1 heterocycles. The van der Waals surface area contributed by atoms with E-state index in [1.54, 1.807) is 0 Å². The van der Waals surface area contributed by atoms with Crippen LogP contribution in [0.25, 0.3) is 0 Å². The fourth-order valence-electron chi connectivity index (χ4n) is 2.91. The third-order valence-corrected chi connectivity index (χ3v) is 4.33. The molecule has 1 N–H and O–H groups in total. The Labute approximate surface area is 121 Å². The SMILES string of the molecule is CNC(C)c1ccccc1N1CC(c2ccccc2)C1. The highest BCUT2D eigenvalue weighted by atomic mass is 15.2. The molecule has 1 atom stereocenters. The third-order valence-electron chi connectivity index (χ3n) is 4.33. The summed E-state index contributed by atoms with van der Waals surface area (Å²) in [5.74, 6) is 0.675. The summed E-state index contributed by atoms with van der Waals surface area (Å²) in [7, 11) is 2.02. The molecular weight excluding hydrogens is 244 g/mol. The fraction of sp³-hybridized carbons (Fsp3) is 0.333. The lowest BCUT2D eigenvalue weighted by Crippen LogP contribution is -2.45. The Morgan fingerprint density at radius 3 is 2.35 bits per heavy atom. The first-order chi connectivity index (χ1) is 9.79. The van der Waals surface area contributed by atoms with E-state index in [1.807, 2.05) is 7.05 Å². The maximum absolute atomic E-state index is 3.34. The molecule has 104 valence electrons. The van der Waals surface area contributed by atoms with Gasteiger partial charge in [-0.2, -0.15) is 0 Å². The zero-order chi connectivity index (χ0) is 13.9. The highest BCUT2D eigenvalue weighted by molar-refractivity contribution is 5.58. The molecule has 0 spiro atoms. The van der Waals surface area contributed by atoms with Gasteiger partial charge in [0.05, 0.1) is 0 Å². The summed E-state index contributed by atoms with van der Waals surface area (Å²) in [6, 6.07) is 20.0. The average molecular weight is 266 g/mol. The molecule has 3 rings (SSSR count). The molecule has 0 saturated carbocycles. The summed E-state index contributed by atoms with van der Waals surface area (Å²) in [4.78, 5) is 2.49. The van der Waals surface area contributed by atoms with Crippen molar-refractivity contribution < 1.29 is 0 Å². The number of hydrogen-bond donors (Lipinski definition) is 1. The molecule has 1 aliphatic heterocycles. The quantitative estimate of drug-likeness (QED) is 0.910. The Bertz CT molecular complexity index is 559. The van der Waals surface area contributed by atoms with E-state index in [4.69, 9.17) is 0 Å². The van der Waals surface area contributed by atoms with Crippen LogP contribution in [0.4, 0.5) is 5.69 Å². The van der Waals surface area contributed by atoms with Crippen molar-refractivity contribution in [1.82, 2.24) is 5.32 Å². The Kier molecular flexibility index (Phi) is 3.75. The van der Waals surface area contributed by atoms with Crippen molar-refractivity contribution in [3.63, 3.8) is 0 Å². The minimum Gasteiger partial charge on any atom is -0.370 e. The molecule has 1 unspecified atom stereocenters. The second-order valence-corrected chi connectivity index (χ2v) is 5.58. The Hall–Kier alpha value is -1.80. The minimum absolute atomic E-state index is 0.391. The van der Waals surface area contributed by atoms with Crippen molar-refractivity contribution in [2.45, 2.75) is 18.9 Å². The summed E-state index contributed by atoms with van der Waals surface area (Å²) >= 11 is 0. The van der Waals surface area contributed by atoms with Crippen LogP contribution in [0.3, 0.4) is 0 Å². The monoisotopic (exact) mass is 266 g/mol. The molecule has 2 aromatic rings. The van der Waals surface area contributed by atoms with Gasteiger partial charge in [-0.25, -0.2) is 0 Å². The number of nitrogens with one attached hydrogen (secondary N) is 1. The molecule has 2 aromatic carbocycles. The number of hydrogen-bond acceptors (Lipinski definition) is 2. The molecule has 1 saturated heterocycles. The number of benzene rings is 2. The first kappa shape index (κ1) is 13.2. The van der Waals surface area contributed by atoms with E-state index in [0.717, 1.165) is 13.1 Å². The molecular formula is C18H22N2. The van der Waals surface area contributed by atoms with Gasteiger partial charge in [-0.15, -0.1) is 0 Å². The van der Waals surface area contributed by atoms with Gasteiger partial charge in [-0.1, -0.05) is 48.5 Å². The highest BCUT2D eigenvalue weighted by Crippen LogP contribution is 2.35. The van der Waals surface area contributed by atoms with Crippen molar-refractivity contribution in [3.8, 4) is 0 Å². The summed E-state index contributed by atoms with van der Waals surface area (Å²) in [6.45, 7) is 4.46. The maximum atomic E-state index is 3.34. The average Bonchev–Trinajstić information content (AvgIpc) is 2.47. The summed E-state index contributed by atoms with van der Waals surface area (Å²) in [5, 5.41) is 3.34. The lowest BCUT2D eigenvalue weighted by molar-refractivity contribution is 0.519. The molecule has 1 aliphatic rings. The van der Waals surface area contributed by atoms with Crippen LogP contribution >= 0.6 is 0 Å². The van der Waals surface area contributed by atoms with Gasteiger partial charge in [0.1, 0.15) is 0 Å². The van der Waals surface area contributed by atoms with Gasteiger partial charge in [0.25, 0.3) is 0 Å². The van der Waals surface area contributed by atoms with E-state index in [9.17, 15) is 0 Å². The number of nitrogens with zero attached hydrogens (tertiary/aromatic N) is 1. The van der Waals surface area contributed by atoms with Gasteiger partial charge in [-0.05, 0) is 31.2 Å². The molecule has 20 heavy (non-hydrogen) atoms. The summed E-state index contributed by atoms with van der Waals surface area (Å²) < 4.78 is 0. The standard InChI is InChI=1S/C18H22N2/c1-14(19-2)17-10-6-7-11-18(17)20-12-16(13-20)15-8-4-3-5-9-15/h3-11,14,16,19H,12-13H2,1-2H3. The van der Waals surface area contributed by atoms with Gasteiger partial charge < -0.3 is 10.2 Å². The lowest BCUT2D eigenvalue weighted by Gasteiger charge is -2.43. The van der Waals surface area contributed by atoms with Gasteiger partial charge in [0.2, 0.25) is 0 Å². The maximum Gasteiger partial charge on any atom is 0.0415 e. The normalized spacial score (nSPS) is 16.8. The van der Waals surface area contributed by atoms with Crippen LogP contribution in [0.1, 0.15) is 30.0 Å². The molecule has 1 fully saturated rings. The van der Waals surface area contributed by atoms with E-state index in [-0.39, 0.29) is 0 Å². The molecule has 0 radical (unpaired) electrons. The zero-order valence-corrected chi connectivity index (χ0v) is 12.2. The Balaban J connectivity index is 1.74. The predicted octanol–water partition coefficient (Wildman–Crippen LogP) is 3.57. The summed E-state index contributed by atoms with van der Waals surface area (Å²) in [6.07, 6.45) is 0. The van der Waals surface area contributed by atoms with Gasteiger partial charge >= 0.3 is 0 Å². The van der Waals surface area contributed by atoms with Gasteiger partial charge in [0.15, 0.2) is 0 Å². The number of para-hydroxylation sites is 1. The molecule has 0 bridgehead atoms. The number of rotatable bonds is 4. The van der Waals surface area contributed by atoms with Crippen molar-refractivity contribution in [1.29, 1.82) is 0 Å². The summed E-state index contributed by atoms with van der Waals surface area (Å²) in [5.41, 5.74) is 4.23. The highest BCUT2D eigenvalue weighted by Gasteiger charge is 2.29. The third kappa shape index (κ3) is 2.44. The van der Waals surface area contributed by atoms with E-state index in [1.165, 1.54) is 16.8 Å². The Morgan fingerprint density at radius 1 is 1.00 bits per heavy atom. The van der Waals surface area contributed by atoms with E-state index >= 15 is 0 Å². The van der Waals surface area contributed by atoms with Gasteiger partial charge in [0, 0.05) is 30.7 Å². The van der Waals surface area contributed by atoms with Crippen molar-refractivity contribution >= 4 is 5.69 Å². The first-order valence-corrected chi connectivity index (χ1v) is 7.35. The van der Waals surface area contributed by atoms with Crippen LogP contribution < -0.4 is 10.2 Å². The van der Waals surface area contributed by atoms with E-state index < -0.39 is 0 Å². The van der Waals surface area contributed by atoms with Crippen molar-refractivity contribution in [2.24, 2.45) is 0 Å². The van der Waals surface area contributed by atoms with Crippen LogP contribution in [-0.4, -0.2) is 20.1 Å². The fourth-order valence-corrected chi connectivity index (χ4v) is 2.91. The second-order valence-electron chi connectivity index (χ2n) is 5.58. The molecule has 0 aromatic heterocycles. The molecule has 2 nitrogen and oxygen atoms in total. The smallest absolute Gasteiger partial charge is 0.0415 e. The van der Waals surface area contributed by atoms with Crippen LogP contribution in [0.2, 0.25) is 0 Å². The van der Waals surface area contributed by atoms with Crippen LogP contribution in [0, 0.1) is 0 Å². The largest absolute Gasteiger partial charge is 0.370 e. The van der Waals surface area contributed by atoms with E-state index in [0.29, 0.717) is 12.0 Å². The van der Waals surface area contributed by atoms with Crippen LogP contribution in [0.15, 0.2) is 54.6 Å². The van der Waals surface area contributed by atoms with Crippen LogP contribution in [0.5, 0.6) is 0 Å². The Morgan fingerprint density at radius 2 is 1.65 bits per heavy atom. The van der Waals surface area contributed by atoms with Crippen molar-refractivity contribution in [2.75, 3.05) is 25.0 Å².